The maximum atomic E-state index is 13.9. The van der Waals surface area contributed by atoms with Crippen molar-refractivity contribution < 1.29 is 13.6 Å². The number of para-hydroxylation sites is 1. The van der Waals surface area contributed by atoms with Crippen LogP contribution in [-0.2, 0) is 6.54 Å². The second-order valence-electron chi connectivity index (χ2n) is 9.08. The lowest BCUT2D eigenvalue weighted by Gasteiger charge is -2.31. The summed E-state index contributed by atoms with van der Waals surface area (Å²) in [5, 5.41) is 7.58. The summed E-state index contributed by atoms with van der Waals surface area (Å²) in [5.74, 6) is -0.121. The average molecular weight is 530 g/mol. The molecule has 3 heterocycles. The molecule has 1 aliphatic heterocycles. The molecule has 0 saturated heterocycles. The Morgan fingerprint density at radius 3 is 2.50 bits per heavy atom. The maximum absolute atomic E-state index is 13.9. The van der Waals surface area contributed by atoms with E-state index >= 15 is 0 Å². The van der Waals surface area contributed by atoms with Crippen molar-refractivity contribution in [3.8, 4) is 11.5 Å². The SMILES string of the molecule is Cc1nn(-c2ccccc2)c2c1CN(C(=O)Nc1ccc(F)c(Cl)c1)[C@@H](c1ccc(F)cc1)c1cccn1-2. The minimum absolute atomic E-state index is 0.0927. The summed E-state index contributed by atoms with van der Waals surface area (Å²) >= 11 is 5.96. The molecular weight excluding hydrogens is 508 g/mol. The number of fused-ring (bicyclic) bond motifs is 3. The number of hydrogen-bond donors (Lipinski definition) is 1. The van der Waals surface area contributed by atoms with Crippen molar-refractivity contribution >= 4 is 23.3 Å². The Labute approximate surface area is 222 Å². The highest BCUT2D eigenvalue weighted by molar-refractivity contribution is 6.31. The second kappa shape index (κ2) is 9.46. The number of amides is 2. The average Bonchev–Trinajstić information content (AvgIpc) is 3.48. The molecule has 0 unspecified atom stereocenters. The van der Waals surface area contributed by atoms with Crippen LogP contribution in [0.5, 0.6) is 0 Å². The normalized spacial score (nSPS) is 14.5. The Bertz CT molecular complexity index is 1650. The molecule has 2 amide bonds. The third kappa shape index (κ3) is 4.13. The maximum Gasteiger partial charge on any atom is 0.322 e. The van der Waals surface area contributed by atoms with Crippen LogP contribution in [-0.4, -0.2) is 25.3 Å². The van der Waals surface area contributed by atoms with Gasteiger partial charge in [-0.15, -0.1) is 0 Å². The zero-order chi connectivity index (χ0) is 26.4. The number of halogens is 3. The van der Waals surface area contributed by atoms with E-state index in [-0.39, 0.29) is 17.4 Å². The van der Waals surface area contributed by atoms with Crippen LogP contribution >= 0.6 is 11.6 Å². The predicted octanol–water partition coefficient (Wildman–Crippen LogP) is 7.04. The number of benzene rings is 3. The van der Waals surface area contributed by atoms with Crippen molar-refractivity contribution in [1.82, 2.24) is 19.2 Å². The van der Waals surface area contributed by atoms with Gasteiger partial charge in [0.15, 0.2) is 0 Å². The largest absolute Gasteiger partial charge is 0.322 e. The molecule has 38 heavy (non-hydrogen) atoms. The lowest BCUT2D eigenvalue weighted by molar-refractivity contribution is 0.194. The smallest absolute Gasteiger partial charge is 0.308 e. The third-order valence-corrected chi connectivity index (χ3v) is 6.99. The molecular formula is C29H22ClF2N5O. The number of urea groups is 1. The van der Waals surface area contributed by atoms with E-state index in [0.29, 0.717) is 5.69 Å². The number of carbonyl (C=O) groups is 1. The van der Waals surface area contributed by atoms with Crippen molar-refractivity contribution in [3.05, 3.63) is 130 Å². The molecule has 9 heteroatoms. The van der Waals surface area contributed by atoms with E-state index in [9.17, 15) is 13.6 Å². The summed E-state index contributed by atoms with van der Waals surface area (Å²) in [6.07, 6.45) is 1.94. The van der Waals surface area contributed by atoms with Crippen molar-refractivity contribution in [2.75, 3.05) is 5.32 Å². The van der Waals surface area contributed by atoms with Gasteiger partial charge in [0.05, 0.1) is 34.7 Å². The summed E-state index contributed by atoms with van der Waals surface area (Å²) < 4.78 is 31.5. The van der Waals surface area contributed by atoms with E-state index in [1.165, 1.54) is 30.3 Å². The van der Waals surface area contributed by atoms with E-state index in [1.54, 1.807) is 17.0 Å². The van der Waals surface area contributed by atoms with Crippen LogP contribution in [0.3, 0.4) is 0 Å². The molecule has 190 valence electrons. The van der Waals surface area contributed by atoms with Crippen LogP contribution in [0.25, 0.3) is 11.5 Å². The fourth-order valence-electron chi connectivity index (χ4n) is 4.91. The third-order valence-electron chi connectivity index (χ3n) is 6.70. The van der Waals surface area contributed by atoms with Gasteiger partial charge in [-0.2, -0.15) is 5.10 Å². The highest BCUT2D eigenvalue weighted by atomic mass is 35.5. The number of anilines is 1. The van der Waals surface area contributed by atoms with Gasteiger partial charge in [-0.05, 0) is 67.1 Å². The molecule has 2 aromatic heterocycles. The summed E-state index contributed by atoms with van der Waals surface area (Å²) in [6, 6.07) is 22.8. The van der Waals surface area contributed by atoms with Gasteiger partial charge >= 0.3 is 6.03 Å². The lowest BCUT2D eigenvalue weighted by atomic mass is 10.0. The second-order valence-corrected chi connectivity index (χ2v) is 9.49. The quantitative estimate of drug-likeness (QED) is 0.272. The topological polar surface area (TPSA) is 55.1 Å². The van der Waals surface area contributed by atoms with Crippen LogP contribution in [0.1, 0.15) is 28.6 Å². The molecule has 1 aliphatic rings. The number of hydrogen-bond acceptors (Lipinski definition) is 2. The van der Waals surface area contributed by atoms with E-state index in [4.69, 9.17) is 16.7 Å². The summed E-state index contributed by atoms with van der Waals surface area (Å²) in [5.41, 5.74) is 4.42. The van der Waals surface area contributed by atoms with Crippen molar-refractivity contribution in [2.45, 2.75) is 19.5 Å². The minimum atomic E-state index is -0.574. The van der Waals surface area contributed by atoms with E-state index in [2.05, 4.69) is 5.32 Å². The number of carbonyl (C=O) groups excluding carboxylic acids is 1. The van der Waals surface area contributed by atoms with Gasteiger partial charge in [0, 0.05) is 17.4 Å². The molecule has 1 N–H and O–H groups in total. The monoisotopic (exact) mass is 529 g/mol. The first-order valence-electron chi connectivity index (χ1n) is 12.0. The Kier molecular flexibility index (Phi) is 5.96. The van der Waals surface area contributed by atoms with Gasteiger partial charge in [0.25, 0.3) is 0 Å². The van der Waals surface area contributed by atoms with Crippen LogP contribution in [0.2, 0.25) is 5.02 Å². The van der Waals surface area contributed by atoms with Gasteiger partial charge in [-0.1, -0.05) is 41.9 Å². The summed E-state index contributed by atoms with van der Waals surface area (Å²) in [4.78, 5) is 15.5. The predicted molar refractivity (Wildman–Crippen MR) is 142 cm³/mol. The molecule has 1 atom stereocenters. The molecule has 6 rings (SSSR count). The first-order chi connectivity index (χ1) is 18.4. The lowest BCUT2D eigenvalue weighted by Crippen LogP contribution is -2.38. The van der Waals surface area contributed by atoms with Gasteiger partial charge in [-0.3, -0.25) is 0 Å². The van der Waals surface area contributed by atoms with Crippen molar-refractivity contribution in [3.63, 3.8) is 0 Å². The fourth-order valence-corrected chi connectivity index (χ4v) is 5.09. The van der Waals surface area contributed by atoms with Crippen LogP contribution in [0.15, 0.2) is 91.1 Å². The Hall–Kier alpha value is -4.43. The number of nitrogens with zero attached hydrogens (tertiary/aromatic N) is 4. The van der Waals surface area contributed by atoms with Gasteiger partial charge in [0.2, 0.25) is 0 Å². The summed E-state index contributed by atoms with van der Waals surface area (Å²) in [7, 11) is 0. The molecule has 6 nitrogen and oxygen atoms in total. The Morgan fingerprint density at radius 1 is 1.00 bits per heavy atom. The zero-order valence-electron chi connectivity index (χ0n) is 20.3. The molecule has 0 radical (unpaired) electrons. The van der Waals surface area contributed by atoms with E-state index in [1.807, 2.05) is 64.8 Å². The van der Waals surface area contributed by atoms with E-state index < -0.39 is 17.9 Å². The van der Waals surface area contributed by atoms with Crippen molar-refractivity contribution in [1.29, 1.82) is 0 Å². The van der Waals surface area contributed by atoms with Crippen LogP contribution < -0.4 is 5.32 Å². The molecule has 0 bridgehead atoms. The van der Waals surface area contributed by atoms with Crippen LogP contribution in [0.4, 0.5) is 19.3 Å². The van der Waals surface area contributed by atoms with E-state index in [0.717, 1.165) is 34.0 Å². The first kappa shape index (κ1) is 23.9. The highest BCUT2D eigenvalue weighted by Gasteiger charge is 2.36. The minimum Gasteiger partial charge on any atom is -0.308 e. The molecule has 5 aromatic rings. The number of aromatic nitrogens is 3. The molecule has 0 saturated carbocycles. The molecule has 0 spiro atoms. The fraction of sp³-hybridized carbons (Fsp3) is 0.103. The molecule has 0 aliphatic carbocycles. The number of rotatable bonds is 3. The van der Waals surface area contributed by atoms with Gasteiger partial charge < -0.3 is 14.8 Å². The standard InChI is InChI=1S/C29H22ClF2N5O/c1-18-23-17-36(29(38)33-21-13-14-25(32)24(30)16-21)27(19-9-11-20(31)12-10-19)26-8-5-15-35(26)28(23)37(34-18)22-6-3-2-4-7-22/h2-16,27H,17H2,1H3,(H,33,38)/t27-/m0/s1. The number of nitrogens with one attached hydrogen (secondary N) is 1. The van der Waals surface area contributed by atoms with Crippen molar-refractivity contribution in [2.24, 2.45) is 0 Å². The van der Waals surface area contributed by atoms with Gasteiger partial charge in [0.1, 0.15) is 17.5 Å². The Balaban J connectivity index is 1.52. The number of aryl methyl sites for hydroxylation is 1. The Morgan fingerprint density at radius 2 is 1.76 bits per heavy atom. The highest BCUT2D eigenvalue weighted by Crippen LogP contribution is 2.39. The molecule has 0 fully saturated rings. The van der Waals surface area contributed by atoms with Gasteiger partial charge in [-0.25, -0.2) is 18.3 Å². The first-order valence-corrected chi connectivity index (χ1v) is 12.4. The molecule has 3 aromatic carbocycles. The zero-order valence-corrected chi connectivity index (χ0v) is 21.0. The van der Waals surface area contributed by atoms with Crippen LogP contribution in [0, 0.1) is 18.6 Å². The summed E-state index contributed by atoms with van der Waals surface area (Å²) in [6.45, 7) is 2.13.